The Morgan fingerprint density at radius 1 is 0.304 bits per heavy atom. The molecule has 0 atom stereocenters. The van der Waals surface area contributed by atoms with Crippen LogP contribution in [-0.2, 0) is 13.2 Å². The molecule has 0 aliphatic carbocycles. The van der Waals surface area contributed by atoms with E-state index in [-0.39, 0.29) is 13.2 Å². The molecule has 8 aromatic rings. The summed E-state index contributed by atoms with van der Waals surface area (Å²) in [5.74, 6) is 0. The highest BCUT2D eigenvalue weighted by molar-refractivity contribution is 6.33. The highest BCUT2D eigenvalue weighted by Crippen LogP contribution is 2.53. The topological polar surface area (TPSA) is 40.5 Å². The van der Waals surface area contributed by atoms with Crippen molar-refractivity contribution in [2.75, 3.05) is 0 Å². The maximum Gasteiger partial charge on any atom is 0.0682 e. The van der Waals surface area contributed by atoms with Gasteiger partial charge in [0, 0.05) is 0 Å². The van der Waals surface area contributed by atoms with E-state index in [1.807, 2.05) is 24.3 Å². The zero-order valence-electron chi connectivity index (χ0n) is 25.3. The Labute approximate surface area is 268 Å². The molecule has 0 spiro atoms. The normalized spacial score (nSPS) is 11.4. The number of aliphatic hydroxyl groups excluding tert-OH is 2. The molecule has 0 fully saturated rings. The lowest BCUT2D eigenvalue weighted by Gasteiger charge is -2.25. The summed E-state index contributed by atoms with van der Waals surface area (Å²) >= 11 is 0. The summed E-state index contributed by atoms with van der Waals surface area (Å²) in [6.07, 6.45) is 0. The van der Waals surface area contributed by atoms with Crippen LogP contribution in [0.4, 0.5) is 0 Å². The second-order valence-electron chi connectivity index (χ2n) is 11.8. The molecule has 8 rings (SSSR count). The summed E-state index contributed by atoms with van der Waals surface area (Å²) in [5.41, 5.74) is 10.8. The average Bonchev–Trinajstić information content (AvgIpc) is 3.13. The van der Waals surface area contributed by atoms with Gasteiger partial charge in [-0.15, -0.1) is 0 Å². The Hall–Kier alpha value is -5.54. The van der Waals surface area contributed by atoms with Crippen molar-refractivity contribution in [2.45, 2.75) is 13.2 Å². The van der Waals surface area contributed by atoms with Crippen LogP contribution in [0.15, 0.2) is 158 Å². The van der Waals surface area contributed by atoms with Gasteiger partial charge in [0.15, 0.2) is 0 Å². The quantitative estimate of drug-likeness (QED) is 0.189. The van der Waals surface area contributed by atoms with Crippen LogP contribution in [0.25, 0.3) is 76.8 Å². The van der Waals surface area contributed by atoms with Crippen molar-refractivity contribution >= 4 is 32.3 Å². The highest BCUT2D eigenvalue weighted by Gasteiger charge is 2.25. The summed E-state index contributed by atoms with van der Waals surface area (Å²) in [6, 6.07) is 55.5. The van der Waals surface area contributed by atoms with Crippen LogP contribution in [-0.4, -0.2) is 10.2 Å². The van der Waals surface area contributed by atoms with Gasteiger partial charge in [0.05, 0.1) is 13.2 Å². The van der Waals surface area contributed by atoms with Gasteiger partial charge in [-0.3, -0.25) is 0 Å². The third-order valence-electron chi connectivity index (χ3n) is 9.10. The third-order valence-corrected chi connectivity index (χ3v) is 9.10. The van der Waals surface area contributed by atoms with Crippen LogP contribution < -0.4 is 0 Å². The van der Waals surface area contributed by atoms with E-state index in [1.54, 1.807) is 0 Å². The zero-order valence-corrected chi connectivity index (χ0v) is 25.3. The number of hydrogen-bond donors (Lipinski definition) is 2. The first kappa shape index (κ1) is 28.0. The van der Waals surface area contributed by atoms with Crippen LogP contribution in [0.1, 0.15) is 11.1 Å². The molecule has 0 heterocycles. The van der Waals surface area contributed by atoms with Crippen molar-refractivity contribution in [1.82, 2.24) is 0 Å². The van der Waals surface area contributed by atoms with Gasteiger partial charge >= 0.3 is 0 Å². The molecule has 0 saturated heterocycles. The molecule has 0 amide bonds. The molecule has 0 bridgehead atoms. The molecule has 0 aliphatic rings. The summed E-state index contributed by atoms with van der Waals surface area (Å²) in [6.45, 7) is -0.0566. The van der Waals surface area contributed by atoms with Crippen molar-refractivity contribution < 1.29 is 10.2 Å². The Balaban J connectivity index is 1.75. The predicted molar refractivity (Wildman–Crippen MR) is 193 cm³/mol. The summed E-state index contributed by atoms with van der Waals surface area (Å²) in [4.78, 5) is 0. The van der Waals surface area contributed by atoms with Crippen LogP contribution in [0.2, 0.25) is 0 Å². The van der Waals surface area contributed by atoms with Gasteiger partial charge in [-0.05, 0) is 100 Å². The van der Waals surface area contributed by atoms with E-state index in [1.165, 1.54) is 32.7 Å². The lowest BCUT2D eigenvalue weighted by molar-refractivity contribution is 0.281. The van der Waals surface area contributed by atoms with Gasteiger partial charge in [0.2, 0.25) is 0 Å². The largest absolute Gasteiger partial charge is 0.392 e. The maximum atomic E-state index is 10.2. The summed E-state index contributed by atoms with van der Waals surface area (Å²) in [5, 5.41) is 27.4. The minimum atomic E-state index is -0.0283. The Kier molecular flexibility index (Phi) is 7.15. The molecule has 46 heavy (non-hydrogen) atoms. The van der Waals surface area contributed by atoms with Crippen molar-refractivity contribution in [3.05, 3.63) is 169 Å². The first-order chi connectivity index (χ1) is 22.8. The molecule has 220 valence electrons. The Morgan fingerprint density at radius 2 is 0.609 bits per heavy atom. The Bertz CT molecular complexity index is 2200. The van der Waals surface area contributed by atoms with E-state index in [0.29, 0.717) is 0 Å². The van der Waals surface area contributed by atoms with Crippen LogP contribution in [0, 0.1) is 0 Å². The monoisotopic (exact) mass is 592 g/mol. The molecule has 0 aliphatic heterocycles. The van der Waals surface area contributed by atoms with Gasteiger partial charge in [-0.1, -0.05) is 146 Å². The molecule has 8 aromatic carbocycles. The van der Waals surface area contributed by atoms with Crippen molar-refractivity contribution in [3.8, 4) is 44.5 Å². The van der Waals surface area contributed by atoms with Crippen LogP contribution in [0.3, 0.4) is 0 Å². The van der Waals surface area contributed by atoms with Gasteiger partial charge in [-0.2, -0.15) is 0 Å². The maximum absolute atomic E-state index is 10.2. The zero-order chi connectivity index (χ0) is 31.0. The Morgan fingerprint density at radius 3 is 0.957 bits per heavy atom. The van der Waals surface area contributed by atoms with Crippen LogP contribution in [0.5, 0.6) is 0 Å². The van der Waals surface area contributed by atoms with Crippen LogP contribution >= 0.6 is 0 Å². The second kappa shape index (κ2) is 11.8. The standard InChI is InChI=1S/C44H32O2/c45-27-29-13-11-19-33(25-29)41-37-23-9-10-24-38(37)42(34-20-12-14-30(26-34)28-46)44-40(32-17-5-2-6-18-32)36-22-8-7-21-35(36)39(43(41)44)31-15-3-1-4-16-31/h1-26,45-46H,27-28H2. The summed E-state index contributed by atoms with van der Waals surface area (Å²) in [7, 11) is 0. The van der Waals surface area contributed by atoms with E-state index in [0.717, 1.165) is 55.3 Å². The van der Waals surface area contributed by atoms with Gasteiger partial charge in [0.1, 0.15) is 0 Å². The molecule has 2 N–H and O–H groups in total. The number of aliphatic hydroxyl groups is 2. The van der Waals surface area contributed by atoms with Crippen molar-refractivity contribution in [2.24, 2.45) is 0 Å². The average molecular weight is 593 g/mol. The first-order valence-corrected chi connectivity index (χ1v) is 15.7. The number of fused-ring (bicyclic) bond motifs is 3. The summed E-state index contributed by atoms with van der Waals surface area (Å²) < 4.78 is 0. The fraction of sp³-hybridized carbons (Fsp3) is 0.0455. The van der Waals surface area contributed by atoms with Crippen molar-refractivity contribution in [1.29, 1.82) is 0 Å². The van der Waals surface area contributed by atoms with Gasteiger partial charge < -0.3 is 10.2 Å². The molecular formula is C44H32O2. The van der Waals surface area contributed by atoms with E-state index >= 15 is 0 Å². The SMILES string of the molecule is OCc1cccc(-c2c3ccccc3c(-c3cccc(CO)c3)c3c(-c4ccccc4)c4ccccc4c(-c4ccccc4)c23)c1. The minimum absolute atomic E-state index is 0.0283. The first-order valence-electron chi connectivity index (χ1n) is 15.7. The molecule has 0 unspecified atom stereocenters. The lowest BCUT2D eigenvalue weighted by atomic mass is 9.77. The number of rotatable bonds is 6. The van der Waals surface area contributed by atoms with E-state index in [9.17, 15) is 10.2 Å². The fourth-order valence-corrected chi connectivity index (χ4v) is 7.19. The van der Waals surface area contributed by atoms with E-state index < -0.39 is 0 Å². The lowest BCUT2D eigenvalue weighted by Crippen LogP contribution is -1.98. The molecule has 2 nitrogen and oxygen atoms in total. The molecule has 2 heteroatoms. The van der Waals surface area contributed by atoms with Gasteiger partial charge in [0.25, 0.3) is 0 Å². The molecule has 0 saturated carbocycles. The molecule has 0 aromatic heterocycles. The van der Waals surface area contributed by atoms with Crippen molar-refractivity contribution in [3.63, 3.8) is 0 Å². The van der Waals surface area contributed by atoms with Gasteiger partial charge in [-0.25, -0.2) is 0 Å². The number of hydrogen-bond acceptors (Lipinski definition) is 2. The van der Waals surface area contributed by atoms with E-state index in [4.69, 9.17) is 0 Å². The van der Waals surface area contributed by atoms with E-state index in [2.05, 4.69) is 133 Å². The highest BCUT2D eigenvalue weighted by atomic mass is 16.3. The molecule has 0 radical (unpaired) electrons. The molecular weight excluding hydrogens is 560 g/mol. The minimum Gasteiger partial charge on any atom is -0.392 e. The second-order valence-corrected chi connectivity index (χ2v) is 11.8. The fourth-order valence-electron chi connectivity index (χ4n) is 7.19. The predicted octanol–water partition coefficient (Wildman–Crippen LogP) is 10.8. The third kappa shape index (κ3) is 4.59. The number of benzene rings is 8. The smallest absolute Gasteiger partial charge is 0.0682 e.